The summed E-state index contributed by atoms with van der Waals surface area (Å²) in [5, 5.41) is 4.19. The lowest BCUT2D eigenvalue weighted by molar-refractivity contribution is -0.119. The SMILES string of the molecule is [2H]c1c([2H])c(N2C(=O)C([2H])([2H])CCC2([2H])[2H])c([2H])c([2H])c1N1CCc2c(C(N)=O)nn(-c3ccc(OC([2H])([2H])[2H])cc3)c2C1=O. The number of carbonyl (C=O) groups excluding carboxylic acids is 3. The summed E-state index contributed by atoms with van der Waals surface area (Å²) in [6.07, 6.45) is -3.47. The summed E-state index contributed by atoms with van der Waals surface area (Å²) in [7, 11) is -2.72. The van der Waals surface area contributed by atoms with E-state index < -0.39 is 86.0 Å². The molecule has 0 atom stereocenters. The molecule has 0 spiro atoms. The number of primary amides is 1. The molecule has 1 aromatic heterocycles. The number of ether oxygens (including phenoxy) is 1. The first-order valence-electron chi connectivity index (χ1n) is 15.7. The van der Waals surface area contributed by atoms with Crippen molar-refractivity contribution in [3.63, 3.8) is 0 Å². The number of methoxy groups -OCH3 is 1. The first kappa shape index (κ1) is 12.4. The smallest absolute Gasteiger partial charge is 0.277 e. The van der Waals surface area contributed by atoms with Gasteiger partial charge in [-0.15, -0.1) is 0 Å². The Bertz CT molecular complexity index is 1730. The van der Waals surface area contributed by atoms with E-state index in [-0.39, 0.29) is 41.4 Å². The first-order valence-corrected chi connectivity index (χ1v) is 10.2. The average Bonchev–Trinajstić information content (AvgIpc) is 3.34. The van der Waals surface area contributed by atoms with Crippen LogP contribution in [0.5, 0.6) is 5.75 Å². The summed E-state index contributed by atoms with van der Waals surface area (Å²) >= 11 is 0. The maximum absolute atomic E-state index is 14.0. The Kier molecular flexibility index (Phi) is 3.15. The lowest BCUT2D eigenvalue weighted by Gasteiger charge is -2.29. The minimum atomic E-state index is -2.72. The molecule has 0 radical (unpaired) electrons. The Morgan fingerprint density at radius 2 is 1.79 bits per heavy atom. The zero-order valence-electron chi connectivity index (χ0n) is 28.6. The van der Waals surface area contributed by atoms with Gasteiger partial charge in [0, 0.05) is 41.8 Å². The van der Waals surface area contributed by atoms with E-state index in [1.807, 2.05) is 0 Å². The first-order chi connectivity index (χ1) is 20.8. The van der Waals surface area contributed by atoms with Crippen molar-refractivity contribution in [3.8, 4) is 11.4 Å². The number of nitrogens with two attached hydrogens (primary N) is 1. The third-order valence-electron chi connectivity index (χ3n) is 5.42. The predicted molar refractivity (Wildman–Crippen MR) is 127 cm³/mol. The van der Waals surface area contributed by atoms with E-state index in [9.17, 15) is 14.4 Å². The molecule has 2 aromatic carbocycles. The molecule has 0 bridgehead atoms. The fourth-order valence-corrected chi connectivity index (χ4v) is 3.83. The number of carbonyl (C=O) groups is 3. The second-order valence-electron chi connectivity index (χ2n) is 7.43. The van der Waals surface area contributed by atoms with Gasteiger partial charge in [0.05, 0.1) is 22.3 Å². The summed E-state index contributed by atoms with van der Waals surface area (Å²) in [4.78, 5) is 40.5. The molecular formula is C25H25N5O4. The lowest BCUT2D eigenvalue weighted by Crippen LogP contribution is -2.39. The number of aromatic nitrogens is 2. The predicted octanol–water partition coefficient (Wildman–Crippen LogP) is 2.70. The molecule has 2 aliphatic rings. The van der Waals surface area contributed by atoms with Crippen molar-refractivity contribution in [2.24, 2.45) is 5.73 Å². The van der Waals surface area contributed by atoms with Crippen LogP contribution in [-0.4, -0.2) is 47.6 Å². The number of anilines is 2. The number of amides is 3. The van der Waals surface area contributed by atoms with E-state index in [1.54, 1.807) is 0 Å². The van der Waals surface area contributed by atoms with Gasteiger partial charge >= 0.3 is 0 Å². The van der Waals surface area contributed by atoms with Crippen LogP contribution in [0, 0.1) is 0 Å². The third-order valence-corrected chi connectivity index (χ3v) is 5.42. The maximum atomic E-state index is 14.0. The Balaban J connectivity index is 1.62. The Labute approximate surface area is 212 Å². The quantitative estimate of drug-likeness (QED) is 0.616. The van der Waals surface area contributed by atoms with E-state index >= 15 is 0 Å². The summed E-state index contributed by atoms with van der Waals surface area (Å²) in [5.41, 5.74) is 4.21. The van der Waals surface area contributed by atoms with Crippen LogP contribution >= 0.6 is 0 Å². The van der Waals surface area contributed by atoms with Gasteiger partial charge in [0.2, 0.25) is 5.91 Å². The summed E-state index contributed by atoms with van der Waals surface area (Å²) in [6.45, 7) is -2.75. The topological polar surface area (TPSA) is 111 Å². The lowest BCUT2D eigenvalue weighted by atomic mass is 10.0. The molecule has 0 unspecified atom stereocenters. The summed E-state index contributed by atoms with van der Waals surface area (Å²) in [6, 6.07) is 2.04. The summed E-state index contributed by atoms with van der Waals surface area (Å²) in [5.74, 6) is -3.20. The van der Waals surface area contributed by atoms with Gasteiger partial charge in [-0.2, -0.15) is 5.10 Å². The molecule has 1 saturated heterocycles. The van der Waals surface area contributed by atoms with Gasteiger partial charge in [-0.1, -0.05) is 0 Å². The molecule has 3 aromatic rings. The normalized spacial score (nSPS) is 23.9. The molecule has 174 valence electrons. The van der Waals surface area contributed by atoms with Crippen LogP contribution in [0.15, 0.2) is 48.4 Å². The molecule has 34 heavy (non-hydrogen) atoms. The van der Waals surface area contributed by atoms with Crippen molar-refractivity contribution in [1.82, 2.24) is 9.78 Å². The fourth-order valence-electron chi connectivity index (χ4n) is 3.83. The molecule has 3 heterocycles. The second kappa shape index (κ2) is 8.66. The van der Waals surface area contributed by atoms with E-state index in [0.717, 1.165) is 9.58 Å². The monoisotopic (exact) mass is 470 g/mol. The standard InChI is InChI=1S/C25H25N5O4/c1-34-19-11-9-18(10-12-19)30-23-20(22(27-30)24(26)32)13-15-29(25(23)33)17-7-5-16(6-8-17)28-14-3-2-4-21(28)31/h5-12H,2-4,13-15H2,1H3,(H2,26,32)/i1D3,4D2,5D,6D,7D,8D,14D2. The van der Waals surface area contributed by atoms with Crippen LogP contribution < -0.4 is 20.3 Å². The zero-order valence-corrected chi connectivity index (χ0v) is 17.6. The molecule has 2 aliphatic heterocycles. The average molecular weight is 471 g/mol. The van der Waals surface area contributed by atoms with Gasteiger partial charge in [-0.05, 0) is 67.7 Å². The van der Waals surface area contributed by atoms with Gasteiger partial charge < -0.3 is 20.3 Å². The molecule has 9 heteroatoms. The van der Waals surface area contributed by atoms with Crippen LogP contribution in [0.1, 0.15) is 60.8 Å². The minimum Gasteiger partial charge on any atom is -0.497 e. The van der Waals surface area contributed by atoms with Crippen LogP contribution in [0.3, 0.4) is 0 Å². The number of hydrogen-bond donors (Lipinski definition) is 1. The molecule has 9 nitrogen and oxygen atoms in total. The third kappa shape index (κ3) is 3.68. The van der Waals surface area contributed by atoms with Gasteiger partial charge in [0.1, 0.15) is 11.4 Å². The van der Waals surface area contributed by atoms with E-state index in [4.69, 9.17) is 25.5 Å². The highest BCUT2D eigenvalue weighted by Gasteiger charge is 2.34. The van der Waals surface area contributed by atoms with E-state index in [1.165, 1.54) is 24.3 Å². The van der Waals surface area contributed by atoms with Crippen molar-refractivity contribution < 1.29 is 34.2 Å². The highest BCUT2D eigenvalue weighted by atomic mass is 16.5. The largest absolute Gasteiger partial charge is 0.497 e. The van der Waals surface area contributed by atoms with Crippen molar-refractivity contribution in [1.29, 1.82) is 0 Å². The van der Waals surface area contributed by atoms with Gasteiger partial charge in [0.15, 0.2) is 5.69 Å². The minimum absolute atomic E-state index is 0.0174. The van der Waals surface area contributed by atoms with Crippen LogP contribution in [0.4, 0.5) is 11.4 Å². The molecule has 0 saturated carbocycles. The van der Waals surface area contributed by atoms with Gasteiger partial charge in [-0.25, -0.2) is 4.68 Å². The van der Waals surface area contributed by atoms with Crippen molar-refractivity contribution in [3.05, 3.63) is 65.4 Å². The highest BCUT2D eigenvalue weighted by molar-refractivity contribution is 6.09. The van der Waals surface area contributed by atoms with Crippen molar-refractivity contribution in [2.75, 3.05) is 29.9 Å². The number of rotatable bonds is 5. The maximum Gasteiger partial charge on any atom is 0.277 e. The van der Waals surface area contributed by atoms with Gasteiger partial charge in [0.25, 0.3) is 11.8 Å². The number of hydrogen-bond acceptors (Lipinski definition) is 5. The summed E-state index contributed by atoms with van der Waals surface area (Å²) < 4.78 is 94.8. The van der Waals surface area contributed by atoms with Crippen molar-refractivity contribution in [2.45, 2.75) is 25.6 Å². The number of fused-ring (bicyclic) bond motifs is 1. The molecule has 0 aliphatic carbocycles. The highest BCUT2D eigenvalue weighted by Crippen LogP contribution is 2.31. The Hall–Kier alpha value is -4.14. The van der Waals surface area contributed by atoms with E-state index in [0.29, 0.717) is 4.90 Å². The number of piperidine rings is 1. The molecular weight excluding hydrogens is 434 g/mol. The Morgan fingerprint density at radius 1 is 1.09 bits per heavy atom. The number of nitrogens with zero attached hydrogens (tertiary/aromatic N) is 4. The van der Waals surface area contributed by atoms with E-state index in [2.05, 4.69) is 5.10 Å². The zero-order chi connectivity index (χ0) is 33.4. The molecule has 3 amide bonds. The van der Waals surface area contributed by atoms with Crippen LogP contribution in [0.25, 0.3) is 5.69 Å². The van der Waals surface area contributed by atoms with Crippen LogP contribution in [-0.2, 0) is 11.2 Å². The second-order valence-corrected chi connectivity index (χ2v) is 7.43. The van der Waals surface area contributed by atoms with Gasteiger partial charge in [-0.3, -0.25) is 14.4 Å². The fraction of sp³-hybridized carbons (Fsp3) is 0.280. The Morgan fingerprint density at radius 3 is 2.47 bits per heavy atom. The van der Waals surface area contributed by atoms with Crippen LogP contribution in [0.2, 0.25) is 0 Å². The molecule has 1 fully saturated rings. The number of benzene rings is 2. The molecule has 2 N–H and O–H groups in total. The molecule has 5 rings (SSSR count). The van der Waals surface area contributed by atoms with Crippen molar-refractivity contribution >= 4 is 29.1 Å².